The van der Waals surface area contributed by atoms with Crippen LogP contribution in [0.5, 0.6) is 0 Å². The van der Waals surface area contributed by atoms with Crippen LogP contribution in [-0.2, 0) is 9.53 Å². The molecule has 0 aliphatic rings. The number of carbonyl (C=O) groups excluding carboxylic acids is 1. The number of esters is 1. The van der Waals surface area contributed by atoms with Crippen LogP contribution in [-0.4, -0.2) is 11.6 Å². The fourth-order valence-corrected chi connectivity index (χ4v) is 1.54. The molecule has 0 unspecified atom stereocenters. The second-order valence-electron chi connectivity index (χ2n) is 5.07. The van der Waals surface area contributed by atoms with E-state index in [-0.39, 0.29) is 11.4 Å². The number of hydrogen-bond acceptors (Lipinski definition) is 3. The molecule has 0 aliphatic heterocycles. The summed E-state index contributed by atoms with van der Waals surface area (Å²) in [5, 5.41) is 0.0308. The Kier molecular flexibility index (Phi) is 4.71. The first-order valence-corrected chi connectivity index (χ1v) is 5.99. The lowest BCUT2D eigenvalue weighted by Crippen LogP contribution is -2.26. The van der Waals surface area contributed by atoms with Crippen molar-refractivity contribution in [2.75, 3.05) is 0 Å². The molecule has 0 aliphatic carbocycles. The van der Waals surface area contributed by atoms with Crippen LogP contribution in [0.3, 0.4) is 0 Å². The van der Waals surface area contributed by atoms with E-state index in [1.807, 2.05) is 0 Å². The summed E-state index contributed by atoms with van der Waals surface area (Å²) in [5.74, 6) is -0.959. The molecule has 18 heavy (non-hydrogen) atoms. The maximum absolute atomic E-state index is 13.2. The van der Waals surface area contributed by atoms with E-state index in [1.165, 1.54) is 12.1 Å². The zero-order chi connectivity index (χ0) is 13.9. The topological polar surface area (TPSA) is 52.3 Å². The number of ether oxygens (including phenoxy) is 1. The summed E-state index contributed by atoms with van der Waals surface area (Å²) >= 11 is 5.57. The van der Waals surface area contributed by atoms with Gasteiger partial charge in [0.1, 0.15) is 11.4 Å². The van der Waals surface area contributed by atoms with Crippen molar-refractivity contribution in [3.8, 4) is 0 Å². The number of rotatable bonds is 3. The third kappa shape index (κ3) is 4.63. The Morgan fingerprint density at radius 2 is 2.11 bits per heavy atom. The fraction of sp³-hybridized carbons (Fsp3) is 0.462. The van der Waals surface area contributed by atoms with Crippen LogP contribution in [0.1, 0.15) is 38.8 Å². The molecule has 2 N–H and O–H groups in total. The van der Waals surface area contributed by atoms with Gasteiger partial charge in [0.2, 0.25) is 0 Å². The van der Waals surface area contributed by atoms with E-state index < -0.39 is 23.4 Å². The zero-order valence-electron chi connectivity index (χ0n) is 10.7. The zero-order valence-corrected chi connectivity index (χ0v) is 11.4. The van der Waals surface area contributed by atoms with Crippen LogP contribution < -0.4 is 5.73 Å². The lowest BCUT2D eigenvalue weighted by molar-refractivity contribution is -0.155. The van der Waals surface area contributed by atoms with E-state index in [9.17, 15) is 9.18 Å². The average Bonchev–Trinajstić information content (AvgIpc) is 2.18. The number of carbonyl (C=O) groups is 1. The Balaban J connectivity index is 2.68. The van der Waals surface area contributed by atoms with E-state index in [0.29, 0.717) is 5.56 Å². The van der Waals surface area contributed by atoms with Crippen LogP contribution in [0.4, 0.5) is 4.39 Å². The highest BCUT2D eigenvalue weighted by Crippen LogP contribution is 2.21. The SMILES string of the molecule is CC(C)(C)OC(=O)C[C@H](N)c1ccc(Cl)c(F)c1. The average molecular weight is 274 g/mol. The Hall–Kier alpha value is -1.13. The number of hydrogen-bond donors (Lipinski definition) is 1. The van der Waals surface area contributed by atoms with Crippen LogP contribution >= 0.6 is 11.6 Å². The van der Waals surface area contributed by atoms with Crippen molar-refractivity contribution in [1.82, 2.24) is 0 Å². The van der Waals surface area contributed by atoms with Crippen molar-refractivity contribution < 1.29 is 13.9 Å². The van der Waals surface area contributed by atoms with Gasteiger partial charge in [0.15, 0.2) is 0 Å². The van der Waals surface area contributed by atoms with E-state index in [4.69, 9.17) is 22.1 Å². The van der Waals surface area contributed by atoms with Gasteiger partial charge in [0.05, 0.1) is 11.4 Å². The second-order valence-corrected chi connectivity index (χ2v) is 5.48. The summed E-state index contributed by atoms with van der Waals surface area (Å²) in [7, 11) is 0. The number of halogens is 2. The van der Waals surface area contributed by atoms with Crippen molar-refractivity contribution >= 4 is 17.6 Å². The summed E-state index contributed by atoms with van der Waals surface area (Å²) in [4.78, 5) is 11.6. The van der Waals surface area contributed by atoms with Crippen molar-refractivity contribution in [2.45, 2.75) is 38.8 Å². The quantitative estimate of drug-likeness (QED) is 0.861. The third-order valence-corrected chi connectivity index (χ3v) is 2.48. The predicted molar refractivity (Wildman–Crippen MR) is 68.8 cm³/mol. The van der Waals surface area contributed by atoms with Gasteiger partial charge in [-0.3, -0.25) is 4.79 Å². The molecular formula is C13H17ClFNO2. The minimum atomic E-state index is -0.605. The molecule has 0 bridgehead atoms. The maximum Gasteiger partial charge on any atom is 0.308 e. The van der Waals surface area contributed by atoms with Crippen molar-refractivity contribution in [1.29, 1.82) is 0 Å². The molecule has 0 amide bonds. The smallest absolute Gasteiger partial charge is 0.308 e. The molecule has 1 aromatic carbocycles. The van der Waals surface area contributed by atoms with Gasteiger partial charge in [-0.25, -0.2) is 4.39 Å². The Bertz CT molecular complexity index is 443. The molecule has 0 saturated heterocycles. The standard InChI is InChI=1S/C13H17ClFNO2/c1-13(2,3)18-12(17)7-11(16)8-4-5-9(14)10(15)6-8/h4-6,11H,7,16H2,1-3H3/t11-/m0/s1. The predicted octanol–water partition coefficient (Wildman–Crippen LogP) is 3.21. The Labute approximate surface area is 111 Å². The van der Waals surface area contributed by atoms with E-state index >= 15 is 0 Å². The normalized spacial score (nSPS) is 13.2. The minimum Gasteiger partial charge on any atom is -0.460 e. The van der Waals surface area contributed by atoms with Gasteiger partial charge in [0.25, 0.3) is 0 Å². The first-order valence-electron chi connectivity index (χ1n) is 5.61. The Morgan fingerprint density at radius 1 is 1.50 bits per heavy atom. The Morgan fingerprint density at radius 3 is 2.61 bits per heavy atom. The van der Waals surface area contributed by atoms with Crippen molar-refractivity contribution in [2.24, 2.45) is 5.73 Å². The largest absolute Gasteiger partial charge is 0.460 e. The molecule has 0 radical (unpaired) electrons. The van der Waals surface area contributed by atoms with Gasteiger partial charge in [-0.1, -0.05) is 17.7 Å². The monoisotopic (exact) mass is 273 g/mol. The van der Waals surface area contributed by atoms with E-state index in [2.05, 4.69) is 0 Å². The van der Waals surface area contributed by atoms with Crippen molar-refractivity contribution in [3.05, 3.63) is 34.6 Å². The summed E-state index contributed by atoms with van der Waals surface area (Å²) in [6.07, 6.45) is -0.00164. The highest BCUT2D eigenvalue weighted by molar-refractivity contribution is 6.30. The van der Waals surface area contributed by atoms with Gasteiger partial charge in [-0.05, 0) is 38.5 Å². The lowest BCUT2D eigenvalue weighted by atomic mass is 10.0. The summed E-state index contributed by atoms with van der Waals surface area (Å²) in [6.45, 7) is 5.33. The summed E-state index contributed by atoms with van der Waals surface area (Å²) < 4.78 is 18.4. The molecule has 0 aromatic heterocycles. The molecular weight excluding hydrogens is 257 g/mol. The van der Waals surface area contributed by atoms with E-state index in [0.717, 1.165) is 0 Å². The third-order valence-electron chi connectivity index (χ3n) is 2.18. The van der Waals surface area contributed by atoms with Gasteiger partial charge in [-0.15, -0.1) is 0 Å². The first kappa shape index (κ1) is 14.9. The molecule has 1 atom stereocenters. The molecule has 0 fully saturated rings. The molecule has 1 aromatic rings. The minimum absolute atomic E-state index is 0.00164. The second kappa shape index (κ2) is 5.67. The van der Waals surface area contributed by atoms with Crippen LogP contribution in [0.25, 0.3) is 0 Å². The highest BCUT2D eigenvalue weighted by Gasteiger charge is 2.19. The summed E-state index contributed by atoms with van der Waals surface area (Å²) in [6, 6.07) is 3.64. The lowest BCUT2D eigenvalue weighted by Gasteiger charge is -2.21. The number of benzene rings is 1. The molecule has 1 rings (SSSR count). The van der Waals surface area contributed by atoms with Gasteiger partial charge >= 0.3 is 5.97 Å². The van der Waals surface area contributed by atoms with Gasteiger partial charge in [0, 0.05) is 6.04 Å². The molecule has 100 valence electrons. The van der Waals surface area contributed by atoms with Crippen LogP contribution in [0.15, 0.2) is 18.2 Å². The number of nitrogens with two attached hydrogens (primary N) is 1. The van der Waals surface area contributed by atoms with Gasteiger partial charge < -0.3 is 10.5 Å². The molecule has 0 saturated carbocycles. The van der Waals surface area contributed by atoms with Crippen LogP contribution in [0, 0.1) is 5.82 Å². The molecule has 0 spiro atoms. The highest BCUT2D eigenvalue weighted by atomic mass is 35.5. The first-order chi connectivity index (χ1) is 8.19. The van der Waals surface area contributed by atoms with Crippen LogP contribution in [0.2, 0.25) is 5.02 Å². The molecule has 3 nitrogen and oxygen atoms in total. The fourth-order valence-electron chi connectivity index (χ4n) is 1.42. The maximum atomic E-state index is 13.2. The van der Waals surface area contributed by atoms with E-state index in [1.54, 1.807) is 26.8 Å². The molecule has 0 heterocycles. The summed E-state index contributed by atoms with van der Waals surface area (Å²) in [5.41, 5.74) is 5.79. The van der Waals surface area contributed by atoms with Crippen molar-refractivity contribution in [3.63, 3.8) is 0 Å². The van der Waals surface area contributed by atoms with Gasteiger partial charge in [-0.2, -0.15) is 0 Å². The molecule has 5 heteroatoms.